The monoisotopic (exact) mass is 397 g/mol. The highest BCUT2D eigenvalue weighted by atomic mass is 19.4. The molecular formula is C19H19F4N3O2. The number of hydrogen-bond acceptors (Lipinski definition) is 4. The van der Waals surface area contributed by atoms with E-state index in [4.69, 9.17) is 0 Å². The lowest BCUT2D eigenvalue weighted by atomic mass is 10.2. The third-order valence-corrected chi connectivity index (χ3v) is 4.30. The maximum absolute atomic E-state index is 13.9. The van der Waals surface area contributed by atoms with Crippen LogP contribution in [0.1, 0.15) is 0 Å². The number of anilines is 2. The van der Waals surface area contributed by atoms with Crippen LogP contribution in [0.4, 0.5) is 28.9 Å². The van der Waals surface area contributed by atoms with Crippen molar-refractivity contribution >= 4 is 17.3 Å². The van der Waals surface area contributed by atoms with Crippen LogP contribution in [0.5, 0.6) is 5.75 Å². The van der Waals surface area contributed by atoms with E-state index in [0.717, 1.165) is 12.1 Å². The van der Waals surface area contributed by atoms with E-state index in [-0.39, 0.29) is 24.0 Å². The first-order valence-electron chi connectivity index (χ1n) is 8.68. The number of rotatable bonds is 5. The normalized spacial score (nSPS) is 15.4. The van der Waals surface area contributed by atoms with E-state index < -0.39 is 6.36 Å². The molecule has 1 fully saturated rings. The van der Waals surface area contributed by atoms with Gasteiger partial charge in [0.15, 0.2) is 0 Å². The zero-order valence-corrected chi connectivity index (χ0v) is 14.9. The molecule has 0 unspecified atom stereocenters. The summed E-state index contributed by atoms with van der Waals surface area (Å²) in [5, 5.41) is 2.64. The molecule has 2 aromatic carbocycles. The molecule has 2 aromatic rings. The van der Waals surface area contributed by atoms with Crippen LogP contribution < -0.4 is 15.0 Å². The molecule has 1 heterocycles. The highest BCUT2D eigenvalue weighted by molar-refractivity contribution is 5.92. The number of amides is 1. The Bertz CT molecular complexity index is 804. The van der Waals surface area contributed by atoms with E-state index in [9.17, 15) is 22.4 Å². The van der Waals surface area contributed by atoms with E-state index in [0.29, 0.717) is 37.6 Å². The molecule has 28 heavy (non-hydrogen) atoms. The fourth-order valence-electron chi connectivity index (χ4n) is 3.00. The Morgan fingerprint density at radius 2 is 1.64 bits per heavy atom. The van der Waals surface area contributed by atoms with Gasteiger partial charge in [0.2, 0.25) is 5.91 Å². The molecular weight excluding hydrogens is 378 g/mol. The third kappa shape index (κ3) is 5.59. The molecule has 1 aliphatic heterocycles. The summed E-state index contributed by atoms with van der Waals surface area (Å²) < 4.78 is 54.1. The predicted molar refractivity (Wildman–Crippen MR) is 96.8 cm³/mol. The number of nitrogens with one attached hydrogen (secondary N) is 1. The molecule has 0 aliphatic carbocycles. The number of hydrogen-bond donors (Lipinski definition) is 1. The van der Waals surface area contributed by atoms with Crippen molar-refractivity contribution in [1.82, 2.24) is 4.90 Å². The second-order valence-electron chi connectivity index (χ2n) is 6.33. The summed E-state index contributed by atoms with van der Waals surface area (Å²) in [7, 11) is 0. The molecule has 0 radical (unpaired) electrons. The third-order valence-electron chi connectivity index (χ3n) is 4.30. The van der Waals surface area contributed by atoms with Crippen molar-refractivity contribution < 1.29 is 27.1 Å². The minimum atomic E-state index is -4.75. The van der Waals surface area contributed by atoms with Gasteiger partial charge in [-0.05, 0) is 36.4 Å². The van der Waals surface area contributed by atoms with Gasteiger partial charge in [0.1, 0.15) is 11.6 Å². The first-order valence-corrected chi connectivity index (χ1v) is 8.68. The summed E-state index contributed by atoms with van der Waals surface area (Å²) in [6, 6.07) is 11.5. The van der Waals surface area contributed by atoms with Crippen molar-refractivity contribution in [2.45, 2.75) is 6.36 Å². The molecule has 5 nitrogen and oxygen atoms in total. The van der Waals surface area contributed by atoms with E-state index in [2.05, 4.69) is 10.1 Å². The van der Waals surface area contributed by atoms with Gasteiger partial charge in [0, 0.05) is 31.9 Å². The number of alkyl halides is 3. The van der Waals surface area contributed by atoms with Crippen LogP contribution >= 0.6 is 0 Å². The summed E-state index contributed by atoms with van der Waals surface area (Å²) in [6.45, 7) is 2.53. The second kappa shape index (κ2) is 8.47. The van der Waals surface area contributed by atoms with Gasteiger partial charge in [-0.15, -0.1) is 13.2 Å². The number of halogens is 4. The fourth-order valence-corrected chi connectivity index (χ4v) is 3.00. The Labute approximate surface area is 159 Å². The molecule has 1 N–H and O–H groups in total. The highest BCUT2D eigenvalue weighted by Gasteiger charge is 2.31. The molecule has 150 valence electrons. The summed E-state index contributed by atoms with van der Waals surface area (Å²) in [5.74, 6) is -0.898. The first kappa shape index (κ1) is 19.9. The number of nitrogens with zero attached hydrogens (tertiary/aromatic N) is 2. The molecule has 1 amide bonds. The van der Waals surface area contributed by atoms with Gasteiger partial charge in [-0.25, -0.2) is 4.39 Å². The number of para-hydroxylation sites is 1. The van der Waals surface area contributed by atoms with Crippen LogP contribution in [-0.2, 0) is 4.79 Å². The van der Waals surface area contributed by atoms with Crippen molar-refractivity contribution in [2.75, 3.05) is 42.9 Å². The van der Waals surface area contributed by atoms with Crippen LogP contribution in [0.2, 0.25) is 0 Å². The number of piperazine rings is 1. The van der Waals surface area contributed by atoms with Gasteiger partial charge in [0.25, 0.3) is 0 Å². The average Bonchev–Trinajstić information content (AvgIpc) is 2.63. The van der Waals surface area contributed by atoms with Crippen LogP contribution in [0.3, 0.4) is 0 Å². The topological polar surface area (TPSA) is 44.8 Å². The largest absolute Gasteiger partial charge is 0.573 e. The number of carbonyl (C=O) groups excluding carboxylic acids is 1. The second-order valence-corrected chi connectivity index (χ2v) is 6.33. The quantitative estimate of drug-likeness (QED) is 0.785. The van der Waals surface area contributed by atoms with E-state index in [1.165, 1.54) is 18.2 Å². The molecule has 0 spiro atoms. The van der Waals surface area contributed by atoms with Crippen LogP contribution in [-0.4, -0.2) is 49.9 Å². The smallest absolute Gasteiger partial charge is 0.406 e. The van der Waals surface area contributed by atoms with Crippen molar-refractivity contribution in [3.63, 3.8) is 0 Å². The molecule has 1 saturated heterocycles. The number of carbonyl (C=O) groups is 1. The lowest BCUT2D eigenvalue weighted by Crippen LogP contribution is -2.48. The Morgan fingerprint density at radius 3 is 2.25 bits per heavy atom. The standard InChI is InChI=1S/C19H19F4N3O2/c20-16-3-1-2-4-17(16)26-11-9-25(10-12-26)13-18(27)24-14-5-7-15(8-6-14)28-19(21,22)23/h1-8H,9-13H2,(H,24,27). The minimum absolute atomic E-state index is 0.145. The highest BCUT2D eigenvalue weighted by Crippen LogP contribution is 2.24. The van der Waals surface area contributed by atoms with Gasteiger partial charge < -0.3 is 15.0 Å². The summed E-state index contributed by atoms with van der Waals surface area (Å²) in [4.78, 5) is 16.0. The zero-order valence-electron chi connectivity index (χ0n) is 14.9. The Balaban J connectivity index is 1.46. The van der Waals surface area contributed by atoms with Gasteiger partial charge in [-0.2, -0.15) is 0 Å². The van der Waals surface area contributed by atoms with E-state index in [1.54, 1.807) is 18.2 Å². The maximum atomic E-state index is 13.9. The lowest BCUT2D eigenvalue weighted by molar-refractivity contribution is -0.274. The van der Waals surface area contributed by atoms with E-state index in [1.807, 2.05) is 9.80 Å². The van der Waals surface area contributed by atoms with Crippen molar-refractivity contribution in [3.05, 3.63) is 54.3 Å². The number of benzene rings is 2. The van der Waals surface area contributed by atoms with E-state index >= 15 is 0 Å². The van der Waals surface area contributed by atoms with Crippen molar-refractivity contribution in [3.8, 4) is 5.75 Å². The maximum Gasteiger partial charge on any atom is 0.573 e. The van der Waals surface area contributed by atoms with Gasteiger partial charge in [-0.1, -0.05) is 12.1 Å². The van der Waals surface area contributed by atoms with Crippen molar-refractivity contribution in [1.29, 1.82) is 0 Å². The Hall–Kier alpha value is -2.81. The van der Waals surface area contributed by atoms with Crippen molar-refractivity contribution in [2.24, 2.45) is 0 Å². The number of ether oxygens (including phenoxy) is 1. The molecule has 0 bridgehead atoms. The summed E-state index contributed by atoms with van der Waals surface area (Å²) in [5.41, 5.74) is 0.928. The lowest BCUT2D eigenvalue weighted by Gasteiger charge is -2.35. The molecule has 9 heteroatoms. The molecule has 0 atom stereocenters. The molecule has 0 saturated carbocycles. The van der Waals surface area contributed by atoms with Crippen LogP contribution in [0.15, 0.2) is 48.5 Å². The zero-order chi connectivity index (χ0) is 20.1. The minimum Gasteiger partial charge on any atom is -0.406 e. The summed E-state index contributed by atoms with van der Waals surface area (Å²) >= 11 is 0. The Morgan fingerprint density at radius 1 is 1.00 bits per heavy atom. The van der Waals surface area contributed by atoms with Gasteiger partial charge in [0.05, 0.1) is 12.2 Å². The first-order chi connectivity index (χ1) is 13.3. The predicted octanol–water partition coefficient (Wildman–Crippen LogP) is 3.49. The SMILES string of the molecule is O=C(CN1CCN(c2ccccc2F)CC1)Nc1ccc(OC(F)(F)F)cc1. The average molecular weight is 397 g/mol. The van der Waals surface area contributed by atoms with Crippen LogP contribution in [0.25, 0.3) is 0 Å². The van der Waals surface area contributed by atoms with Crippen LogP contribution in [0, 0.1) is 5.82 Å². The Kier molecular flexibility index (Phi) is 6.03. The fraction of sp³-hybridized carbons (Fsp3) is 0.316. The molecule has 0 aromatic heterocycles. The van der Waals surface area contributed by atoms with Gasteiger partial charge >= 0.3 is 6.36 Å². The van der Waals surface area contributed by atoms with Gasteiger partial charge in [-0.3, -0.25) is 9.69 Å². The summed E-state index contributed by atoms with van der Waals surface area (Å²) in [6.07, 6.45) is -4.75. The molecule has 3 rings (SSSR count). The molecule has 1 aliphatic rings.